The molecule has 0 aliphatic carbocycles. The normalized spacial score (nSPS) is 16.0. The highest BCUT2D eigenvalue weighted by Crippen LogP contribution is 2.35. The maximum Gasteiger partial charge on any atom is 0.258 e. The van der Waals surface area contributed by atoms with E-state index in [1.807, 2.05) is 6.92 Å². The summed E-state index contributed by atoms with van der Waals surface area (Å²) in [4.78, 5) is 32.5. The van der Waals surface area contributed by atoms with Crippen LogP contribution in [0.4, 0.5) is 14.5 Å². The summed E-state index contributed by atoms with van der Waals surface area (Å²) in [5.41, 5.74) is 1.48. The van der Waals surface area contributed by atoms with Gasteiger partial charge in [-0.15, -0.1) is 0 Å². The highest BCUT2D eigenvalue weighted by molar-refractivity contribution is 6.31. The third-order valence-electron chi connectivity index (χ3n) is 5.17. The summed E-state index contributed by atoms with van der Waals surface area (Å²) in [7, 11) is 0. The second-order valence-electron chi connectivity index (χ2n) is 6.91. The minimum Gasteiger partial charge on any atom is -0.374 e. The molecule has 4 rings (SSSR count). The number of hydrogen-bond donors (Lipinski definition) is 2. The summed E-state index contributed by atoms with van der Waals surface area (Å²) in [5, 5.41) is 3.19. The number of halogens is 3. The number of rotatable bonds is 3. The van der Waals surface area contributed by atoms with Crippen molar-refractivity contribution >= 4 is 34.1 Å². The number of fused-ring (bicyclic) bond motifs is 2. The Bertz CT molecular complexity index is 1180. The van der Waals surface area contributed by atoms with Crippen LogP contribution in [0.2, 0.25) is 5.02 Å². The fourth-order valence-corrected chi connectivity index (χ4v) is 4.12. The molecule has 1 amide bonds. The number of nitrogens with zero attached hydrogens (tertiary/aromatic N) is 2. The largest absolute Gasteiger partial charge is 0.374 e. The molecule has 9 heteroatoms. The van der Waals surface area contributed by atoms with Crippen LogP contribution >= 0.6 is 11.6 Å². The Balaban J connectivity index is 1.52. The second-order valence-corrected chi connectivity index (χ2v) is 7.32. The lowest BCUT2D eigenvalue weighted by Crippen LogP contribution is -2.42. The van der Waals surface area contributed by atoms with Gasteiger partial charge in [-0.25, -0.2) is 13.8 Å². The molecule has 0 radical (unpaired) electrons. The summed E-state index contributed by atoms with van der Waals surface area (Å²) in [6, 6.07) is 4.83. The number of carbonyl (C=O) groups is 1. The molecule has 2 aromatic carbocycles. The van der Waals surface area contributed by atoms with Gasteiger partial charge in [0.2, 0.25) is 5.91 Å². The summed E-state index contributed by atoms with van der Waals surface area (Å²) in [6.45, 7) is 2.09. The van der Waals surface area contributed by atoms with E-state index in [2.05, 4.69) is 15.3 Å². The molecule has 1 unspecified atom stereocenters. The van der Waals surface area contributed by atoms with E-state index in [0.717, 1.165) is 17.2 Å². The SMILES string of the molecule is CC1c2c(Cl)cc(F)cc2CCN1C(=O)CNc1cc2nc[nH]c(=O)c2cc1F. The molecule has 1 atom stereocenters. The van der Waals surface area contributed by atoms with E-state index in [9.17, 15) is 18.4 Å². The molecular formula is C20H17ClF2N4O2. The van der Waals surface area contributed by atoms with Crippen LogP contribution in [-0.4, -0.2) is 33.9 Å². The summed E-state index contributed by atoms with van der Waals surface area (Å²) in [6.07, 6.45) is 1.72. The van der Waals surface area contributed by atoms with Crippen molar-refractivity contribution in [3.63, 3.8) is 0 Å². The maximum atomic E-state index is 14.3. The first-order chi connectivity index (χ1) is 13.8. The van der Waals surface area contributed by atoms with E-state index in [4.69, 9.17) is 11.6 Å². The lowest BCUT2D eigenvalue weighted by Gasteiger charge is -2.36. The van der Waals surface area contributed by atoms with Gasteiger partial charge < -0.3 is 15.2 Å². The van der Waals surface area contributed by atoms with Crippen LogP contribution in [0, 0.1) is 11.6 Å². The summed E-state index contributed by atoms with van der Waals surface area (Å²) < 4.78 is 27.9. The zero-order chi connectivity index (χ0) is 20.7. The topological polar surface area (TPSA) is 78.1 Å². The van der Waals surface area contributed by atoms with E-state index in [1.54, 1.807) is 4.90 Å². The molecule has 0 saturated carbocycles. The molecule has 1 aliphatic rings. The molecule has 1 aromatic heterocycles. The van der Waals surface area contributed by atoms with E-state index in [0.29, 0.717) is 18.5 Å². The molecule has 0 spiro atoms. The monoisotopic (exact) mass is 418 g/mol. The van der Waals surface area contributed by atoms with E-state index in [-0.39, 0.29) is 34.6 Å². The average molecular weight is 419 g/mol. The minimum atomic E-state index is -0.653. The van der Waals surface area contributed by atoms with Crippen molar-refractivity contribution in [2.75, 3.05) is 18.4 Å². The number of nitrogens with one attached hydrogen (secondary N) is 2. The van der Waals surface area contributed by atoms with Gasteiger partial charge in [-0.2, -0.15) is 0 Å². The standard InChI is InChI=1S/C20H17ClF2N4O2/c1-10-19-11(4-12(22)5-14(19)21)2-3-27(10)18(28)8-24-17-7-16-13(6-15(17)23)20(29)26-9-25-16/h4-7,9-10,24H,2-3,8H2,1H3,(H,25,26,29). The molecule has 6 nitrogen and oxygen atoms in total. The zero-order valence-electron chi connectivity index (χ0n) is 15.4. The van der Waals surface area contributed by atoms with E-state index in [1.165, 1.54) is 24.5 Å². The third-order valence-corrected chi connectivity index (χ3v) is 5.48. The van der Waals surface area contributed by atoms with Crippen LogP contribution < -0.4 is 10.9 Å². The first-order valence-electron chi connectivity index (χ1n) is 9.03. The molecule has 0 fully saturated rings. The predicted molar refractivity (Wildman–Crippen MR) is 106 cm³/mol. The van der Waals surface area contributed by atoms with Crippen LogP contribution in [-0.2, 0) is 11.2 Å². The summed E-state index contributed by atoms with van der Waals surface area (Å²) in [5.74, 6) is -1.30. The Hall–Kier alpha value is -3.00. The van der Waals surface area contributed by atoms with Crippen molar-refractivity contribution in [2.45, 2.75) is 19.4 Å². The average Bonchev–Trinajstić information content (AvgIpc) is 2.66. The molecule has 0 saturated heterocycles. The molecule has 2 heterocycles. The van der Waals surface area contributed by atoms with Crippen molar-refractivity contribution in [1.82, 2.24) is 14.9 Å². The second kappa shape index (κ2) is 7.44. The first kappa shape index (κ1) is 19.3. The van der Waals surface area contributed by atoms with E-state index < -0.39 is 17.2 Å². The van der Waals surface area contributed by atoms with Gasteiger partial charge in [-0.05, 0) is 48.7 Å². The lowest BCUT2D eigenvalue weighted by atomic mass is 9.93. The number of amides is 1. The van der Waals surface area contributed by atoms with Crippen LogP contribution in [0.3, 0.4) is 0 Å². The third kappa shape index (κ3) is 3.55. The van der Waals surface area contributed by atoms with Crippen LogP contribution in [0.5, 0.6) is 0 Å². The van der Waals surface area contributed by atoms with Crippen molar-refractivity contribution < 1.29 is 13.6 Å². The Morgan fingerprint density at radius 3 is 2.93 bits per heavy atom. The Labute approximate surface area is 169 Å². The fourth-order valence-electron chi connectivity index (χ4n) is 3.74. The van der Waals surface area contributed by atoms with Gasteiger partial charge in [-0.3, -0.25) is 9.59 Å². The molecular weight excluding hydrogens is 402 g/mol. The molecule has 3 aromatic rings. The highest BCUT2D eigenvalue weighted by Gasteiger charge is 2.29. The predicted octanol–water partition coefficient (Wildman–Crippen LogP) is 3.41. The van der Waals surface area contributed by atoms with Gasteiger partial charge in [0.1, 0.15) is 11.6 Å². The Morgan fingerprint density at radius 1 is 1.34 bits per heavy atom. The molecule has 0 bridgehead atoms. The van der Waals surface area contributed by atoms with Gasteiger partial charge in [0.15, 0.2) is 0 Å². The number of benzene rings is 2. The Kier molecular flexibility index (Phi) is 4.96. The van der Waals surface area contributed by atoms with Gasteiger partial charge in [0.25, 0.3) is 5.56 Å². The first-order valence-corrected chi connectivity index (χ1v) is 9.41. The lowest BCUT2D eigenvalue weighted by molar-refractivity contribution is -0.131. The number of aromatic nitrogens is 2. The van der Waals surface area contributed by atoms with Crippen molar-refractivity contribution in [3.8, 4) is 0 Å². The maximum absolute atomic E-state index is 14.3. The van der Waals surface area contributed by atoms with Crippen LogP contribution in [0.1, 0.15) is 24.1 Å². The molecule has 29 heavy (non-hydrogen) atoms. The number of aromatic amines is 1. The van der Waals surface area contributed by atoms with Gasteiger partial charge in [0, 0.05) is 11.6 Å². The van der Waals surface area contributed by atoms with Gasteiger partial charge >= 0.3 is 0 Å². The van der Waals surface area contributed by atoms with E-state index >= 15 is 0 Å². The zero-order valence-corrected chi connectivity index (χ0v) is 16.2. The van der Waals surface area contributed by atoms with Crippen LogP contribution in [0.15, 0.2) is 35.4 Å². The number of carbonyl (C=O) groups excluding carboxylic acids is 1. The van der Waals surface area contributed by atoms with Gasteiger partial charge in [0.05, 0.1) is 35.5 Å². The quantitative estimate of drug-likeness (QED) is 0.683. The molecule has 150 valence electrons. The smallest absolute Gasteiger partial charge is 0.258 e. The fraction of sp³-hybridized carbons (Fsp3) is 0.250. The minimum absolute atomic E-state index is 0.0779. The van der Waals surface area contributed by atoms with Crippen molar-refractivity contribution in [1.29, 1.82) is 0 Å². The number of hydrogen-bond acceptors (Lipinski definition) is 4. The molecule has 2 N–H and O–H groups in total. The highest BCUT2D eigenvalue weighted by atomic mass is 35.5. The number of anilines is 1. The molecule has 1 aliphatic heterocycles. The van der Waals surface area contributed by atoms with Crippen molar-refractivity contribution in [3.05, 3.63) is 68.7 Å². The van der Waals surface area contributed by atoms with Crippen molar-refractivity contribution in [2.24, 2.45) is 0 Å². The number of H-pyrrole nitrogens is 1. The summed E-state index contributed by atoms with van der Waals surface area (Å²) >= 11 is 6.20. The Morgan fingerprint density at radius 2 is 2.14 bits per heavy atom. The van der Waals surface area contributed by atoms with Gasteiger partial charge in [-0.1, -0.05) is 11.6 Å². The van der Waals surface area contributed by atoms with Crippen LogP contribution in [0.25, 0.3) is 10.9 Å².